The van der Waals surface area contributed by atoms with Crippen molar-refractivity contribution in [3.05, 3.63) is 30.0 Å². The number of aromatic carboxylic acids is 1. The van der Waals surface area contributed by atoms with E-state index in [0.717, 1.165) is 4.90 Å². The second-order valence-electron chi connectivity index (χ2n) is 7.27. The summed E-state index contributed by atoms with van der Waals surface area (Å²) in [6.45, 7) is 4.69. The lowest BCUT2D eigenvalue weighted by atomic mass is 10.2. The molecule has 11 heteroatoms. The monoisotopic (exact) mass is 435 g/mol. The van der Waals surface area contributed by atoms with Crippen molar-refractivity contribution in [3.63, 3.8) is 0 Å². The molecular weight excluding hydrogens is 412 g/mol. The minimum Gasteiger partial charge on any atom is -0.492 e. The molecule has 2 aromatic rings. The van der Waals surface area contributed by atoms with E-state index < -0.39 is 24.3 Å². The highest BCUT2D eigenvalue weighted by molar-refractivity contribution is 6.02. The van der Waals surface area contributed by atoms with Crippen LogP contribution >= 0.6 is 0 Å². The summed E-state index contributed by atoms with van der Waals surface area (Å²) in [6, 6.07) is 3.91. The Bertz CT molecular complexity index is 1020. The van der Waals surface area contributed by atoms with Gasteiger partial charge in [0.1, 0.15) is 11.4 Å². The van der Waals surface area contributed by atoms with Crippen molar-refractivity contribution in [2.45, 2.75) is 32.7 Å². The average molecular weight is 435 g/mol. The van der Waals surface area contributed by atoms with Crippen molar-refractivity contribution in [1.29, 1.82) is 0 Å². The van der Waals surface area contributed by atoms with Crippen LogP contribution in [0.15, 0.2) is 24.4 Å². The van der Waals surface area contributed by atoms with Crippen molar-refractivity contribution in [3.8, 4) is 5.75 Å². The molecule has 0 fully saturated rings. The summed E-state index contributed by atoms with van der Waals surface area (Å²) < 4.78 is 34.3. The summed E-state index contributed by atoms with van der Waals surface area (Å²) >= 11 is 0. The van der Waals surface area contributed by atoms with Gasteiger partial charge in [-0.15, -0.1) is 0 Å². The zero-order valence-electron chi connectivity index (χ0n) is 17.5. The van der Waals surface area contributed by atoms with Crippen LogP contribution in [0.2, 0.25) is 0 Å². The third-order valence-electron chi connectivity index (χ3n) is 4.77. The Hall–Kier alpha value is -3.50. The summed E-state index contributed by atoms with van der Waals surface area (Å²) in [5, 5.41) is 12.1. The van der Waals surface area contributed by atoms with E-state index in [-0.39, 0.29) is 34.8 Å². The van der Waals surface area contributed by atoms with Crippen molar-refractivity contribution < 1.29 is 28.2 Å². The van der Waals surface area contributed by atoms with Crippen LogP contribution in [0.25, 0.3) is 0 Å². The number of carbonyl (C=O) groups excluding carboxylic acids is 1. The number of aromatic nitrogens is 2. The van der Waals surface area contributed by atoms with Crippen LogP contribution < -0.4 is 19.9 Å². The number of benzene rings is 1. The molecule has 166 valence electrons. The van der Waals surface area contributed by atoms with Gasteiger partial charge in [-0.1, -0.05) is 0 Å². The van der Waals surface area contributed by atoms with E-state index in [2.05, 4.69) is 15.3 Å². The number of nitrogens with one attached hydrogen (secondary N) is 1. The Balaban J connectivity index is 2.03. The fourth-order valence-corrected chi connectivity index (χ4v) is 3.17. The van der Waals surface area contributed by atoms with E-state index in [9.17, 15) is 23.5 Å². The van der Waals surface area contributed by atoms with Crippen molar-refractivity contribution in [2.75, 3.05) is 35.3 Å². The summed E-state index contributed by atoms with van der Waals surface area (Å²) in [5.41, 5.74) is 0.615. The number of hydrogen-bond acceptors (Lipinski definition) is 7. The topological polar surface area (TPSA) is 108 Å². The third-order valence-corrected chi connectivity index (χ3v) is 4.77. The van der Waals surface area contributed by atoms with Crippen LogP contribution in [0.1, 0.15) is 31.1 Å². The number of anilines is 4. The van der Waals surface area contributed by atoms with Gasteiger partial charge in [-0.3, -0.25) is 4.79 Å². The second-order valence-corrected chi connectivity index (χ2v) is 7.27. The van der Waals surface area contributed by atoms with E-state index in [1.165, 1.54) is 36.3 Å². The number of hydrogen-bond donors (Lipinski definition) is 2. The molecular formula is C20H23F2N5O4. The van der Waals surface area contributed by atoms with Crippen molar-refractivity contribution in [1.82, 2.24) is 9.97 Å². The summed E-state index contributed by atoms with van der Waals surface area (Å²) in [5.74, 6) is -5.47. The van der Waals surface area contributed by atoms with E-state index >= 15 is 0 Å². The van der Waals surface area contributed by atoms with Crippen LogP contribution in [0, 0.1) is 0 Å². The molecule has 3 rings (SSSR count). The summed E-state index contributed by atoms with van der Waals surface area (Å²) in [4.78, 5) is 34.2. The molecule has 0 aliphatic carbocycles. The van der Waals surface area contributed by atoms with Gasteiger partial charge < -0.3 is 25.0 Å². The zero-order chi connectivity index (χ0) is 22.9. The molecule has 9 nitrogen and oxygen atoms in total. The number of amides is 1. The van der Waals surface area contributed by atoms with Gasteiger partial charge in [0, 0.05) is 13.1 Å². The Morgan fingerprint density at radius 2 is 2.10 bits per heavy atom. The molecule has 0 saturated heterocycles. The highest BCUT2D eigenvalue weighted by atomic mass is 19.3. The number of rotatable bonds is 6. The number of nitrogens with zero attached hydrogens (tertiary/aromatic N) is 4. The number of fused-ring (bicyclic) bond motifs is 1. The maximum Gasteiger partial charge on any atom is 0.342 e. The Labute approximate surface area is 177 Å². The SMILES string of the molecule is CCOc1cc(C(=O)O)ccc1Nc1ncc2c(n1)N(C(C)C)CC(F)(F)C(=O)N2C. The van der Waals surface area contributed by atoms with Crippen molar-refractivity contribution >= 4 is 35.0 Å². The molecule has 1 aliphatic heterocycles. The maximum atomic E-state index is 14.4. The van der Waals surface area contributed by atoms with Gasteiger partial charge in [0.15, 0.2) is 5.82 Å². The minimum atomic E-state index is -3.58. The molecule has 0 radical (unpaired) electrons. The first kappa shape index (κ1) is 22.2. The second kappa shape index (κ2) is 8.32. The van der Waals surface area contributed by atoms with Gasteiger partial charge in [0.05, 0.1) is 30.6 Å². The van der Waals surface area contributed by atoms with Crippen LogP contribution in [0.3, 0.4) is 0 Å². The third kappa shape index (κ3) is 4.35. The smallest absolute Gasteiger partial charge is 0.342 e. The molecule has 1 aromatic heterocycles. The van der Waals surface area contributed by atoms with Gasteiger partial charge >= 0.3 is 11.9 Å². The molecule has 0 spiro atoms. The Morgan fingerprint density at radius 1 is 1.39 bits per heavy atom. The molecule has 1 aliphatic rings. The highest BCUT2D eigenvalue weighted by Crippen LogP contribution is 2.37. The fourth-order valence-electron chi connectivity index (χ4n) is 3.17. The van der Waals surface area contributed by atoms with Gasteiger partial charge in [0.2, 0.25) is 5.95 Å². The zero-order valence-corrected chi connectivity index (χ0v) is 17.5. The van der Waals surface area contributed by atoms with E-state index in [0.29, 0.717) is 12.3 Å². The first-order valence-corrected chi connectivity index (χ1v) is 9.62. The minimum absolute atomic E-state index is 0.0465. The number of carboxylic acid groups (broad SMARTS) is 1. The maximum absolute atomic E-state index is 14.4. The molecule has 0 saturated carbocycles. The lowest BCUT2D eigenvalue weighted by Gasteiger charge is -2.29. The van der Waals surface area contributed by atoms with E-state index in [4.69, 9.17) is 4.74 Å². The number of ether oxygens (including phenoxy) is 1. The lowest BCUT2D eigenvalue weighted by molar-refractivity contribution is -0.140. The van der Waals surface area contributed by atoms with Gasteiger partial charge in [-0.2, -0.15) is 13.8 Å². The lowest BCUT2D eigenvalue weighted by Crippen LogP contribution is -2.47. The molecule has 31 heavy (non-hydrogen) atoms. The van der Waals surface area contributed by atoms with Crippen LogP contribution in [0.4, 0.5) is 31.9 Å². The van der Waals surface area contributed by atoms with Gasteiger partial charge in [-0.05, 0) is 39.0 Å². The first-order valence-electron chi connectivity index (χ1n) is 9.62. The fraction of sp³-hybridized carbons (Fsp3) is 0.400. The number of halogens is 2. The molecule has 1 aromatic carbocycles. The predicted molar refractivity (Wildman–Crippen MR) is 111 cm³/mol. The van der Waals surface area contributed by atoms with Crippen molar-refractivity contribution in [2.24, 2.45) is 0 Å². The first-order chi connectivity index (χ1) is 14.5. The van der Waals surface area contributed by atoms with Crippen LogP contribution in [0.5, 0.6) is 5.75 Å². The molecule has 2 N–H and O–H groups in total. The normalized spacial score (nSPS) is 15.5. The summed E-state index contributed by atoms with van der Waals surface area (Å²) in [6.07, 6.45) is 1.30. The number of carbonyl (C=O) groups is 2. The molecule has 0 bridgehead atoms. The van der Waals surface area contributed by atoms with Crippen LogP contribution in [-0.2, 0) is 4.79 Å². The molecule has 1 amide bonds. The molecule has 0 unspecified atom stereocenters. The number of alkyl halides is 2. The van der Waals surface area contributed by atoms with E-state index in [1.54, 1.807) is 20.8 Å². The van der Waals surface area contributed by atoms with Gasteiger partial charge in [0.25, 0.3) is 5.91 Å². The molecule has 0 atom stereocenters. The largest absolute Gasteiger partial charge is 0.492 e. The van der Waals surface area contributed by atoms with Gasteiger partial charge in [-0.25, -0.2) is 9.78 Å². The van der Waals surface area contributed by atoms with Crippen LogP contribution in [-0.4, -0.2) is 59.1 Å². The Morgan fingerprint density at radius 3 is 2.71 bits per heavy atom. The quantitative estimate of drug-likeness (QED) is 0.713. The van der Waals surface area contributed by atoms with E-state index in [1.807, 2.05) is 0 Å². The molecule has 2 heterocycles. The standard InChI is InChI=1S/C20H23F2N5O4/c1-5-31-15-8-12(17(28)29)6-7-13(15)24-19-23-9-14-16(25-19)27(11(2)3)10-20(21,22)18(30)26(14)4/h6-9,11H,5,10H2,1-4H3,(H,28,29)(H,23,24,25). The highest BCUT2D eigenvalue weighted by Gasteiger charge is 2.47. The average Bonchev–Trinajstić information content (AvgIpc) is 2.78. The Kier molecular flexibility index (Phi) is 5.96. The summed E-state index contributed by atoms with van der Waals surface area (Å²) in [7, 11) is 1.26. The number of carboxylic acids is 1. The predicted octanol–water partition coefficient (Wildman–Crippen LogP) is 3.14.